The fraction of sp³-hybridized carbons (Fsp3) is 0.300. The molecule has 1 aromatic carbocycles. The van der Waals surface area contributed by atoms with Gasteiger partial charge in [0.1, 0.15) is 0 Å². The van der Waals surface area contributed by atoms with Gasteiger partial charge in [-0.15, -0.1) is 0 Å². The minimum absolute atomic E-state index is 0.0256. The largest absolute Gasteiger partial charge is 0.595 e. The number of hydrogen-bond donors (Lipinski definition) is 2. The van der Waals surface area contributed by atoms with Crippen molar-refractivity contribution in [1.29, 1.82) is 0 Å². The van der Waals surface area contributed by atoms with Crippen LogP contribution in [0.4, 0.5) is 18.9 Å². The second-order valence-electron chi connectivity index (χ2n) is 3.43. The first kappa shape index (κ1) is 14.4. The van der Waals surface area contributed by atoms with E-state index in [4.69, 9.17) is 5.11 Å². The molecule has 0 heterocycles. The zero-order valence-corrected chi connectivity index (χ0v) is 9.25. The van der Waals surface area contributed by atoms with E-state index in [0.29, 0.717) is 6.07 Å². The highest BCUT2D eigenvalue weighted by atomic mass is 19.4. The Bertz CT molecular complexity index is 447. The van der Waals surface area contributed by atoms with Gasteiger partial charge in [-0.25, -0.2) is 4.84 Å². The second kappa shape index (κ2) is 5.34. The van der Waals surface area contributed by atoms with Gasteiger partial charge in [0.15, 0.2) is 5.69 Å². The molecule has 0 saturated carbocycles. The predicted octanol–water partition coefficient (Wildman–Crippen LogP) is 0.908. The van der Waals surface area contributed by atoms with Gasteiger partial charge in [-0.1, -0.05) is 6.07 Å². The molecule has 1 atom stereocenters. The number of carboxylic acids is 1. The van der Waals surface area contributed by atoms with Crippen molar-refractivity contribution < 1.29 is 33.1 Å². The second-order valence-corrected chi connectivity index (χ2v) is 3.43. The first-order valence-corrected chi connectivity index (χ1v) is 4.76. The number of benzene rings is 1. The number of quaternary nitrogens is 1. The summed E-state index contributed by atoms with van der Waals surface area (Å²) in [6.07, 6.45) is -5.16. The molecule has 1 aromatic rings. The highest BCUT2D eigenvalue weighted by molar-refractivity contribution is 5.72. The zero-order valence-electron chi connectivity index (χ0n) is 9.25. The molecular weight excluding hydrogens is 255 g/mol. The van der Waals surface area contributed by atoms with E-state index in [9.17, 15) is 23.2 Å². The van der Waals surface area contributed by atoms with Crippen molar-refractivity contribution in [2.24, 2.45) is 0 Å². The molecule has 18 heavy (non-hydrogen) atoms. The van der Waals surface area contributed by atoms with Crippen LogP contribution in [0.25, 0.3) is 0 Å². The minimum Gasteiger partial charge on any atom is -0.595 e. The normalized spacial score (nSPS) is 13.4. The summed E-state index contributed by atoms with van der Waals surface area (Å²) in [6, 6.07) is 2.28. The molecule has 0 fully saturated rings. The summed E-state index contributed by atoms with van der Waals surface area (Å²) in [4.78, 5) is 14.9. The summed E-state index contributed by atoms with van der Waals surface area (Å²) in [7, 11) is 1.01. The van der Waals surface area contributed by atoms with Crippen LogP contribution in [0.15, 0.2) is 18.2 Å². The average Bonchev–Trinajstić information content (AvgIpc) is 2.26. The van der Waals surface area contributed by atoms with Crippen molar-refractivity contribution in [1.82, 2.24) is 0 Å². The van der Waals surface area contributed by atoms with Gasteiger partial charge in [-0.05, 0) is 6.07 Å². The van der Waals surface area contributed by atoms with E-state index in [2.05, 4.69) is 4.84 Å². The van der Waals surface area contributed by atoms with Gasteiger partial charge in [0, 0.05) is 11.6 Å². The zero-order chi connectivity index (χ0) is 13.9. The number of carboxylic acid groups (broad SMARTS) is 1. The average molecular weight is 265 g/mol. The third-order valence-corrected chi connectivity index (χ3v) is 2.18. The minimum atomic E-state index is -4.61. The maximum absolute atomic E-state index is 12.5. The van der Waals surface area contributed by atoms with Gasteiger partial charge in [-0.2, -0.15) is 18.4 Å². The summed E-state index contributed by atoms with van der Waals surface area (Å²) >= 11 is 0. The Morgan fingerprint density at radius 2 is 2.11 bits per heavy atom. The fourth-order valence-corrected chi connectivity index (χ4v) is 1.37. The lowest BCUT2D eigenvalue weighted by molar-refractivity contribution is -0.992. The quantitative estimate of drug-likeness (QED) is 0.793. The van der Waals surface area contributed by atoms with Gasteiger partial charge < -0.3 is 10.3 Å². The maximum atomic E-state index is 12.5. The molecule has 0 saturated heterocycles. The molecule has 100 valence electrons. The van der Waals surface area contributed by atoms with Crippen LogP contribution >= 0.6 is 0 Å². The van der Waals surface area contributed by atoms with Crippen molar-refractivity contribution in [3.8, 4) is 0 Å². The van der Waals surface area contributed by atoms with Gasteiger partial charge >= 0.3 is 12.1 Å². The Balaban J connectivity index is 3.24. The number of hydrogen-bond acceptors (Lipinski definition) is 3. The van der Waals surface area contributed by atoms with Crippen molar-refractivity contribution in [3.05, 3.63) is 34.5 Å². The Labute approximate surface area is 99.9 Å². The third-order valence-electron chi connectivity index (χ3n) is 2.18. The van der Waals surface area contributed by atoms with Crippen molar-refractivity contribution in [2.45, 2.75) is 12.6 Å². The van der Waals surface area contributed by atoms with Gasteiger partial charge in [-0.3, -0.25) is 4.79 Å². The van der Waals surface area contributed by atoms with Crippen LogP contribution < -0.4 is 5.23 Å². The molecule has 0 amide bonds. The fourth-order valence-electron chi connectivity index (χ4n) is 1.37. The first-order valence-electron chi connectivity index (χ1n) is 4.76. The lowest BCUT2D eigenvalue weighted by Crippen LogP contribution is -3.00. The van der Waals surface area contributed by atoms with Crippen LogP contribution in [-0.2, 0) is 22.2 Å². The lowest BCUT2D eigenvalue weighted by Gasteiger charge is -2.20. The molecule has 5 nitrogen and oxygen atoms in total. The van der Waals surface area contributed by atoms with Gasteiger partial charge in [0.2, 0.25) is 0 Å². The standard InChI is InChI=1S/C10H10F3NO4/c1-18-14(17)8-5-7(10(11,12)13)3-2-6(8)4-9(15)16/h2-3,5,14H,4H2,1H3,(H,15,16). The van der Waals surface area contributed by atoms with E-state index < -0.39 is 35.0 Å². The van der Waals surface area contributed by atoms with Gasteiger partial charge in [0.05, 0.1) is 19.1 Å². The van der Waals surface area contributed by atoms with Crippen molar-refractivity contribution >= 4 is 11.7 Å². The van der Waals surface area contributed by atoms with E-state index in [-0.39, 0.29) is 5.56 Å². The number of rotatable bonds is 4. The van der Waals surface area contributed by atoms with Crippen molar-refractivity contribution in [2.75, 3.05) is 7.11 Å². The third kappa shape index (κ3) is 3.42. The first-order chi connectivity index (χ1) is 8.25. The van der Waals surface area contributed by atoms with E-state index in [1.807, 2.05) is 0 Å². The topological polar surface area (TPSA) is 74.0 Å². The van der Waals surface area contributed by atoms with Crippen LogP contribution in [0.3, 0.4) is 0 Å². The Morgan fingerprint density at radius 3 is 2.56 bits per heavy atom. The molecule has 0 aromatic heterocycles. The molecule has 1 rings (SSSR count). The summed E-state index contributed by atoms with van der Waals surface area (Å²) in [5, 5.41) is 18.9. The van der Waals surface area contributed by atoms with Crippen LogP contribution in [0.1, 0.15) is 11.1 Å². The van der Waals surface area contributed by atoms with E-state index in [0.717, 1.165) is 19.2 Å². The highest BCUT2D eigenvalue weighted by Crippen LogP contribution is 2.31. The Hall–Kier alpha value is -1.64. The maximum Gasteiger partial charge on any atom is 0.416 e. The lowest BCUT2D eigenvalue weighted by atomic mass is 10.1. The Morgan fingerprint density at radius 1 is 1.50 bits per heavy atom. The number of aliphatic carboxylic acids is 1. The van der Waals surface area contributed by atoms with E-state index >= 15 is 0 Å². The summed E-state index contributed by atoms with van der Waals surface area (Å²) < 4.78 is 37.4. The molecule has 0 aliphatic carbocycles. The number of halogens is 3. The van der Waals surface area contributed by atoms with Gasteiger partial charge in [0.25, 0.3) is 0 Å². The molecule has 0 aliphatic heterocycles. The molecule has 2 N–H and O–H groups in total. The molecule has 0 bridgehead atoms. The number of carbonyl (C=O) groups is 1. The Kier molecular flexibility index (Phi) is 4.28. The monoisotopic (exact) mass is 265 g/mol. The van der Waals surface area contributed by atoms with Crippen LogP contribution in [-0.4, -0.2) is 18.2 Å². The number of nitrogens with one attached hydrogen (secondary N) is 1. The van der Waals surface area contributed by atoms with Crippen molar-refractivity contribution in [3.63, 3.8) is 0 Å². The summed E-state index contributed by atoms with van der Waals surface area (Å²) in [5.74, 6) is -1.25. The molecule has 0 radical (unpaired) electrons. The summed E-state index contributed by atoms with van der Waals surface area (Å²) in [5.41, 5.74) is -1.45. The summed E-state index contributed by atoms with van der Waals surface area (Å²) in [6.45, 7) is 0. The molecule has 1 unspecified atom stereocenters. The molecular formula is C10H10F3NO4. The molecule has 8 heteroatoms. The van der Waals surface area contributed by atoms with E-state index in [1.165, 1.54) is 0 Å². The molecule has 0 aliphatic rings. The highest BCUT2D eigenvalue weighted by Gasteiger charge is 2.32. The smallest absolute Gasteiger partial charge is 0.416 e. The van der Waals surface area contributed by atoms with Crippen LogP contribution in [0, 0.1) is 5.21 Å². The van der Waals surface area contributed by atoms with E-state index in [1.54, 1.807) is 0 Å². The predicted molar refractivity (Wildman–Crippen MR) is 53.8 cm³/mol. The van der Waals surface area contributed by atoms with Crippen LogP contribution in [0.5, 0.6) is 0 Å². The SMILES string of the molecule is CO[NH+]([O-])c1cc(C(F)(F)F)ccc1CC(=O)O. The molecule has 0 spiro atoms. The number of alkyl halides is 3. The van der Waals surface area contributed by atoms with Crippen LogP contribution in [0.2, 0.25) is 0 Å².